The normalized spacial score (nSPS) is 11.3. The zero-order valence-corrected chi connectivity index (χ0v) is 14.6. The fourth-order valence-corrected chi connectivity index (χ4v) is 2.34. The second-order valence-electron chi connectivity index (χ2n) is 6.85. The molecule has 1 aromatic rings. The summed E-state index contributed by atoms with van der Waals surface area (Å²) in [4.78, 5) is 11.8. The highest BCUT2D eigenvalue weighted by molar-refractivity contribution is 5.84. The Balaban J connectivity index is 2.37. The average molecular weight is 305 g/mol. The van der Waals surface area contributed by atoms with Gasteiger partial charge in [0, 0.05) is 5.69 Å². The second kappa shape index (κ2) is 9.50. The summed E-state index contributed by atoms with van der Waals surface area (Å²) in [5.41, 5.74) is 1.60. The van der Waals surface area contributed by atoms with Gasteiger partial charge in [-0.25, -0.2) is 4.79 Å². The maximum absolute atomic E-state index is 11.8. The standard InChI is InChI=1S/C19H31NO2/c1-5-6-7-8-9-10-12-16-13-11-14-17(15-16)20-18(21)22-19(2,3)4/h11,13-15H,5-10,12H2,1-4H3,(H,20,21). The third-order valence-electron chi connectivity index (χ3n) is 3.39. The topological polar surface area (TPSA) is 38.3 Å². The van der Waals surface area contributed by atoms with Gasteiger partial charge in [-0.3, -0.25) is 5.32 Å². The van der Waals surface area contributed by atoms with Gasteiger partial charge in [0.25, 0.3) is 0 Å². The van der Waals surface area contributed by atoms with Gasteiger partial charge in [0.2, 0.25) is 0 Å². The molecule has 1 N–H and O–H groups in total. The monoisotopic (exact) mass is 305 g/mol. The van der Waals surface area contributed by atoms with Gasteiger partial charge in [-0.05, 0) is 51.3 Å². The van der Waals surface area contributed by atoms with Crippen molar-refractivity contribution in [2.75, 3.05) is 5.32 Å². The second-order valence-corrected chi connectivity index (χ2v) is 6.85. The molecule has 1 amide bonds. The number of aryl methyl sites for hydroxylation is 1. The summed E-state index contributed by atoms with van der Waals surface area (Å²) < 4.78 is 5.27. The van der Waals surface area contributed by atoms with Crippen LogP contribution in [0.25, 0.3) is 0 Å². The lowest BCUT2D eigenvalue weighted by molar-refractivity contribution is 0.0636. The Bertz CT molecular complexity index is 449. The molecule has 0 saturated heterocycles. The number of carbonyl (C=O) groups is 1. The lowest BCUT2D eigenvalue weighted by Gasteiger charge is -2.19. The van der Waals surface area contributed by atoms with Crippen LogP contribution < -0.4 is 5.32 Å². The van der Waals surface area contributed by atoms with E-state index in [2.05, 4.69) is 18.3 Å². The van der Waals surface area contributed by atoms with E-state index in [-0.39, 0.29) is 0 Å². The molecule has 3 nitrogen and oxygen atoms in total. The molecule has 0 unspecified atom stereocenters. The van der Waals surface area contributed by atoms with Crippen molar-refractivity contribution in [1.82, 2.24) is 0 Å². The van der Waals surface area contributed by atoms with Crippen molar-refractivity contribution in [3.63, 3.8) is 0 Å². The summed E-state index contributed by atoms with van der Waals surface area (Å²) in [5, 5.41) is 2.80. The van der Waals surface area contributed by atoms with Crippen molar-refractivity contribution < 1.29 is 9.53 Å². The van der Waals surface area contributed by atoms with Crippen LogP contribution in [0, 0.1) is 0 Å². The quantitative estimate of drug-likeness (QED) is 0.604. The molecule has 0 bridgehead atoms. The number of hydrogen-bond acceptors (Lipinski definition) is 2. The average Bonchev–Trinajstić information content (AvgIpc) is 2.41. The molecule has 0 saturated carbocycles. The molecule has 1 rings (SSSR count). The molecular formula is C19H31NO2. The summed E-state index contributed by atoms with van der Waals surface area (Å²) in [6, 6.07) is 8.04. The molecule has 0 atom stereocenters. The number of unbranched alkanes of at least 4 members (excludes halogenated alkanes) is 5. The van der Waals surface area contributed by atoms with Crippen molar-refractivity contribution in [2.24, 2.45) is 0 Å². The summed E-state index contributed by atoms with van der Waals surface area (Å²) in [6.07, 6.45) is 8.46. The predicted octanol–water partition coefficient (Wildman–Crippen LogP) is 5.94. The first kappa shape index (κ1) is 18.5. The van der Waals surface area contributed by atoms with E-state index in [0.29, 0.717) is 0 Å². The molecule has 0 radical (unpaired) electrons. The Morgan fingerprint density at radius 1 is 1.09 bits per heavy atom. The maximum atomic E-state index is 11.8. The minimum absolute atomic E-state index is 0.399. The first-order valence-corrected chi connectivity index (χ1v) is 8.49. The van der Waals surface area contributed by atoms with Crippen LogP contribution >= 0.6 is 0 Å². The third kappa shape index (κ3) is 8.71. The highest BCUT2D eigenvalue weighted by Gasteiger charge is 2.16. The van der Waals surface area contributed by atoms with Gasteiger partial charge in [-0.2, -0.15) is 0 Å². The molecule has 3 heteroatoms. The molecule has 0 aliphatic rings. The van der Waals surface area contributed by atoms with E-state index in [9.17, 15) is 4.79 Å². The van der Waals surface area contributed by atoms with Gasteiger partial charge in [-0.15, -0.1) is 0 Å². The van der Waals surface area contributed by atoms with Gasteiger partial charge in [-0.1, -0.05) is 51.2 Å². The molecule has 0 fully saturated rings. The zero-order chi connectivity index (χ0) is 16.4. The summed E-state index contributed by atoms with van der Waals surface area (Å²) in [5.74, 6) is 0. The van der Waals surface area contributed by atoms with Crippen LogP contribution in [0.3, 0.4) is 0 Å². The number of hydrogen-bond donors (Lipinski definition) is 1. The van der Waals surface area contributed by atoms with Crippen LogP contribution in [0.5, 0.6) is 0 Å². The van der Waals surface area contributed by atoms with E-state index in [1.165, 1.54) is 44.1 Å². The Morgan fingerprint density at radius 3 is 2.45 bits per heavy atom. The minimum atomic E-state index is -0.472. The Kier molecular flexibility index (Phi) is 8.00. The van der Waals surface area contributed by atoms with Crippen molar-refractivity contribution >= 4 is 11.8 Å². The number of rotatable bonds is 8. The fraction of sp³-hybridized carbons (Fsp3) is 0.632. The van der Waals surface area contributed by atoms with Crippen LogP contribution in [0.2, 0.25) is 0 Å². The number of nitrogens with one attached hydrogen (secondary N) is 1. The first-order chi connectivity index (χ1) is 10.4. The van der Waals surface area contributed by atoms with Crippen LogP contribution in [0.4, 0.5) is 10.5 Å². The van der Waals surface area contributed by atoms with Gasteiger partial charge < -0.3 is 4.74 Å². The van der Waals surface area contributed by atoms with E-state index in [1.807, 2.05) is 39.0 Å². The van der Waals surface area contributed by atoms with Gasteiger partial charge in [0.05, 0.1) is 0 Å². The number of benzene rings is 1. The van der Waals surface area contributed by atoms with Crippen LogP contribution in [0.1, 0.15) is 71.8 Å². The fourth-order valence-electron chi connectivity index (χ4n) is 2.34. The van der Waals surface area contributed by atoms with E-state index in [1.54, 1.807) is 0 Å². The van der Waals surface area contributed by atoms with E-state index in [4.69, 9.17) is 4.74 Å². The molecule has 0 aliphatic heterocycles. The highest BCUT2D eigenvalue weighted by Crippen LogP contribution is 2.16. The molecule has 22 heavy (non-hydrogen) atoms. The van der Waals surface area contributed by atoms with Gasteiger partial charge >= 0.3 is 6.09 Å². The molecule has 124 valence electrons. The first-order valence-electron chi connectivity index (χ1n) is 8.49. The number of amides is 1. The molecule has 0 spiro atoms. The summed E-state index contributed by atoms with van der Waals surface area (Å²) in [6.45, 7) is 7.83. The maximum Gasteiger partial charge on any atom is 0.412 e. The van der Waals surface area contributed by atoms with Crippen LogP contribution in [-0.4, -0.2) is 11.7 Å². The number of anilines is 1. The lowest BCUT2D eigenvalue weighted by Crippen LogP contribution is -2.27. The van der Waals surface area contributed by atoms with Crippen LogP contribution in [-0.2, 0) is 11.2 Å². The van der Waals surface area contributed by atoms with Crippen molar-refractivity contribution in [3.05, 3.63) is 29.8 Å². The molecule has 0 aromatic heterocycles. The Morgan fingerprint density at radius 2 is 1.77 bits per heavy atom. The minimum Gasteiger partial charge on any atom is -0.444 e. The third-order valence-corrected chi connectivity index (χ3v) is 3.39. The van der Waals surface area contributed by atoms with Crippen molar-refractivity contribution in [1.29, 1.82) is 0 Å². The molecule has 0 heterocycles. The SMILES string of the molecule is CCCCCCCCc1cccc(NC(=O)OC(C)(C)C)c1. The molecular weight excluding hydrogens is 274 g/mol. The number of ether oxygens (including phenoxy) is 1. The summed E-state index contributed by atoms with van der Waals surface area (Å²) in [7, 11) is 0. The zero-order valence-electron chi connectivity index (χ0n) is 14.6. The van der Waals surface area contributed by atoms with Crippen molar-refractivity contribution in [2.45, 2.75) is 78.2 Å². The van der Waals surface area contributed by atoms with E-state index >= 15 is 0 Å². The summed E-state index contributed by atoms with van der Waals surface area (Å²) >= 11 is 0. The van der Waals surface area contributed by atoms with Crippen LogP contribution in [0.15, 0.2) is 24.3 Å². The Hall–Kier alpha value is -1.51. The van der Waals surface area contributed by atoms with Gasteiger partial charge in [0.1, 0.15) is 5.60 Å². The van der Waals surface area contributed by atoms with E-state index in [0.717, 1.165) is 12.1 Å². The smallest absolute Gasteiger partial charge is 0.412 e. The number of carbonyl (C=O) groups excluding carboxylic acids is 1. The lowest BCUT2D eigenvalue weighted by atomic mass is 10.0. The van der Waals surface area contributed by atoms with Crippen molar-refractivity contribution in [3.8, 4) is 0 Å². The molecule has 0 aliphatic carbocycles. The van der Waals surface area contributed by atoms with E-state index < -0.39 is 11.7 Å². The Labute approximate surface area is 135 Å². The highest BCUT2D eigenvalue weighted by atomic mass is 16.6. The largest absolute Gasteiger partial charge is 0.444 e. The molecule has 1 aromatic carbocycles. The predicted molar refractivity (Wildman–Crippen MR) is 93.4 cm³/mol. The van der Waals surface area contributed by atoms with Gasteiger partial charge in [0.15, 0.2) is 0 Å².